The van der Waals surface area contributed by atoms with Crippen molar-refractivity contribution in [3.05, 3.63) is 75.7 Å². The summed E-state index contributed by atoms with van der Waals surface area (Å²) in [5.74, 6) is 1.54. The summed E-state index contributed by atoms with van der Waals surface area (Å²) in [6, 6.07) is 11.9. The average molecular weight is 517 g/mol. The summed E-state index contributed by atoms with van der Waals surface area (Å²) >= 11 is 0. The molecule has 38 heavy (non-hydrogen) atoms. The molecule has 9 nitrogen and oxygen atoms in total. The molecule has 0 spiro atoms. The largest absolute Gasteiger partial charge is 0.468 e. The Balaban J connectivity index is 1.50. The van der Waals surface area contributed by atoms with E-state index in [1.165, 1.54) is 12.0 Å². The van der Waals surface area contributed by atoms with E-state index < -0.39 is 6.04 Å². The summed E-state index contributed by atoms with van der Waals surface area (Å²) in [5, 5.41) is 14.2. The maximum absolute atomic E-state index is 13.7. The Hall–Kier alpha value is -3.30. The predicted octanol–water partition coefficient (Wildman–Crippen LogP) is 4.95. The van der Waals surface area contributed by atoms with Crippen molar-refractivity contribution in [3.63, 3.8) is 0 Å². The van der Waals surface area contributed by atoms with E-state index in [2.05, 4.69) is 44.5 Å². The Labute approximate surface area is 222 Å². The number of aromatic amines is 1. The Kier molecular flexibility index (Phi) is 7.38. The van der Waals surface area contributed by atoms with Crippen molar-refractivity contribution in [1.82, 2.24) is 30.1 Å². The van der Waals surface area contributed by atoms with Crippen LogP contribution in [-0.4, -0.2) is 49.3 Å². The van der Waals surface area contributed by atoms with Gasteiger partial charge < -0.3 is 14.1 Å². The summed E-state index contributed by atoms with van der Waals surface area (Å²) in [6.07, 6.45) is 10.4. The normalized spacial score (nSPS) is 19.5. The Bertz CT molecular complexity index is 1400. The van der Waals surface area contributed by atoms with Crippen molar-refractivity contribution in [2.75, 3.05) is 13.2 Å². The molecule has 6 rings (SSSR count). The molecule has 1 saturated carbocycles. The molecule has 1 saturated heterocycles. The molecule has 4 aromatic rings. The van der Waals surface area contributed by atoms with Crippen molar-refractivity contribution in [2.45, 2.75) is 83.0 Å². The molecular weight excluding hydrogens is 480 g/mol. The van der Waals surface area contributed by atoms with Crippen LogP contribution >= 0.6 is 0 Å². The number of H-pyrrole nitrogens is 1. The summed E-state index contributed by atoms with van der Waals surface area (Å²) in [7, 11) is 0. The molecule has 3 aromatic heterocycles. The lowest BCUT2D eigenvalue weighted by Gasteiger charge is -2.33. The maximum atomic E-state index is 13.7. The lowest BCUT2D eigenvalue weighted by molar-refractivity contribution is 0.0539. The highest BCUT2D eigenvalue weighted by Gasteiger charge is 2.35. The van der Waals surface area contributed by atoms with Crippen molar-refractivity contribution in [2.24, 2.45) is 0 Å². The average Bonchev–Trinajstić information content (AvgIpc) is 3.73. The van der Waals surface area contributed by atoms with E-state index >= 15 is 0 Å². The predicted molar refractivity (Wildman–Crippen MR) is 144 cm³/mol. The van der Waals surface area contributed by atoms with Gasteiger partial charge >= 0.3 is 0 Å². The topological polar surface area (TPSA) is 102 Å². The van der Waals surface area contributed by atoms with Gasteiger partial charge in [-0.3, -0.25) is 9.69 Å². The molecule has 1 aromatic carbocycles. The minimum atomic E-state index is -0.459. The standard InChI is InChI=1S/C29H36N6O3/c1-2-20-12-13-26-21(16-20)17-25(29(36)30-26)27(28-31-32-33-35(28)22-8-4-3-5-9-22)34(18-23-10-6-14-37-23)19-24-11-7-15-38-24/h6,10,12-14,16-17,22,24,27H,2-5,7-9,11,15,18-19H2,1H3,(H,30,36)/t24-,27+/m1/s1. The van der Waals surface area contributed by atoms with Crippen LogP contribution < -0.4 is 5.56 Å². The van der Waals surface area contributed by atoms with E-state index in [9.17, 15) is 4.79 Å². The van der Waals surface area contributed by atoms with Gasteiger partial charge in [0.15, 0.2) is 5.82 Å². The summed E-state index contributed by atoms with van der Waals surface area (Å²) in [4.78, 5) is 19.1. The van der Waals surface area contributed by atoms with Gasteiger partial charge in [0.05, 0.1) is 25.0 Å². The van der Waals surface area contributed by atoms with Crippen molar-refractivity contribution in [3.8, 4) is 0 Å². The number of nitrogens with zero attached hydrogens (tertiary/aromatic N) is 5. The Morgan fingerprint density at radius 3 is 2.79 bits per heavy atom. The molecule has 0 radical (unpaired) electrons. The molecule has 0 unspecified atom stereocenters. The highest BCUT2D eigenvalue weighted by Crippen LogP contribution is 2.34. The quantitative estimate of drug-likeness (QED) is 0.336. The fourth-order valence-corrected chi connectivity index (χ4v) is 6.08. The number of hydrogen-bond acceptors (Lipinski definition) is 7. The van der Waals surface area contributed by atoms with E-state index in [0.29, 0.717) is 24.5 Å². The first-order chi connectivity index (χ1) is 18.7. The third kappa shape index (κ3) is 5.17. The molecule has 200 valence electrons. The molecule has 0 bridgehead atoms. The van der Waals surface area contributed by atoms with Gasteiger partial charge in [0, 0.05) is 24.2 Å². The van der Waals surface area contributed by atoms with Gasteiger partial charge in [-0.1, -0.05) is 32.3 Å². The second-order valence-electron chi connectivity index (χ2n) is 10.6. The van der Waals surface area contributed by atoms with Crippen LogP contribution in [0.4, 0.5) is 0 Å². The van der Waals surface area contributed by atoms with Crippen molar-refractivity contribution in [1.29, 1.82) is 0 Å². The Morgan fingerprint density at radius 1 is 1.13 bits per heavy atom. The molecule has 1 N–H and O–H groups in total. The highest BCUT2D eigenvalue weighted by molar-refractivity contribution is 5.80. The number of nitrogens with one attached hydrogen (secondary N) is 1. The Morgan fingerprint density at radius 2 is 2.03 bits per heavy atom. The van der Waals surface area contributed by atoms with E-state index in [1.54, 1.807) is 6.26 Å². The van der Waals surface area contributed by atoms with Gasteiger partial charge in [0.25, 0.3) is 5.56 Å². The third-order valence-electron chi connectivity index (χ3n) is 8.09. The van der Waals surface area contributed by atoms with Crippen LogP contribution in [0.2, 0.25) is 0 Å². The number of ether oxygens (including phenoxy) is 1. The molecular formula is C29H36N6O3. The van der Waals surface area contributed by atoms with E-state index in [1.807, 2.05) is 28.9 Å². The number of hydrogen-bond donors (Lipinski definition) is 1. The maximum Gasteiger partial charge on any atom is 0.253 e. The van der Waals surface area contributed by atoms with Crippen molar-refractivity contribution >= 4 is 10.9 Å². The van der Waals surface area contributed by atoms with Gasteiger partial charge in [0.1, 0.15) is 11.8 Å². The zero-order chi connectivity index (χ0) is 25.9. The number of aryl methyl sites for hydroxylation is 1. The molecule has 0 amide bonds. The first kappa shape index (κ1) is 25.0. The van der Waals surface area contributed by atoms with Crippen LogP contribution in [0, 0.1) is 0 Å². The fraction of sp³-hybridized carbons (Fsp3) is 0.517. The summed E-state index contributed by atoms with van der Waals surface area (Å²) in [5.41, 5.74) is 2.58. The molecule has 1 aliphatic carbocycles. The second kappa shape index (κ2) is 11.2. The number of furan rings is 1. The number of rotatable bonds is 9. The first-order valence-corrected chi connectivity index (χ1v) is 14.0. The van der Waals surface area contributed by atoms with Gasteiger partial charge in [-0.15, -0.1) is 5.10 Å². The lowest BCUT2D eigenvalue weighted by Crippen LogP contribution is -2.39. The number of benzene rings is 1. The smallest absolute Gasteiger partial charge is 0.253 e. The number of tetrazole rings is 1. The van der Waals surface area contributed by atoms with Crippen molar-refractivity contribution < 1.29 is 9.15 Å². The molecule has 2 fully saturated rings. The van der Waals surface area contributed by atoms with E-state index in [4.69, 9.17) is 9.15 Å². The highest BCUT2D eigenvalue weighted by atomic mass is 16.5. The lowest BCUT2D eigenvalue weighted by atomic mass is 9.95. The van der Waals surface area contributed by atoms with Crippen LogP contribution in [0.15, 0.2) is 51.9 Å². The zero-order valence-corrected chi connectivity index (χ0v) is 22.0. The van der Waals surface area contributed by atoms with Crippen LogP contribution in [0.1, 0.15) is 86.7 Å². The second-order valence-corrected chi connectivity index (χ2v) is 10.6. The van der Waals surface area contributed by atoms with Crippen LogP contribution in [0.25, 0.3) is 10.9 Å². The fourth-order valence-electron chi connectivity index (χ4n) is 6.08. The third-order valence-corrected chi connectivity index (χ3v) is 8.09. The van der Waals surface area contributed by atoms with Crippen LogP contribution in [0.3, 0.4) is 0 Å². The monoisotopic (exact) mass is 516 g/mol. The zero-order valence-electron chi connectivity index (χ0n) is 22.0. The molecule has 4 heterocycles. The molecule has 2 aliphatic rings. The molecule has 2 atom stereocenters. The number of fused-ring (bicyclic) bond motifs is 1. The van der Waals surface area contributed by atoms with Gasteiger partial charge in [0.2, 0.25) is 0 Å². The first-order valence-electron chi connectivity index (χ1n) is 14.0. The van der Waals surface area contributed by atoms with Gasteiger partial charge in [-0.2, -0.15) is 0 Å². The SMILES string of the molecule is CCc1ccc2[nH]c(=O)c([C@@H](c3nnnn3C3CCCCC3)N(Cc3ccco3)C[C@H]3CCCO3)cc2c1. The summed E-state index contributed by atoms with van der Waals surface area (Å²) < 4.78 is 13.8. The van der Waals surface area contributed by atoms with E-state index in [0.717, 1.165) is 68.2 Å². The van der Waals surface area contributed by atoms with Gasteiger partial charge in [-0.25, -0.2) is 4.68 Å². The van der Waals surface area contributed by atoms with Crippen LogP contribution in [0.5, 0.6) is 0 Å². The summed E-state index contributed by atoms with van der Waals surface area (Å²) in [6.45, 7) is 4.07. The van der Waals surface area contributed by atoms with Crippen LogP contribution in [-0.2, 0) is 17.7 Å². The molecule has 1 aliphatic heterocycles. The van der Waals surface area contributed by atoms with Gasteiger partial charge in [-0.05, 0) is 83.8 Å². The number of aromatic nitrogens is 5. The molecule has 9 heteroatoms. The minimum Gasteiger partial charge on any atom is -0.468 e. The number of pyridine rings is 1. The minimum absolute atomic E-state index is 0.0812. The van der Waals surface area contributed by atoms with E-state index in [-0.39, 0.29) is 17.7 Å².